The van der Waals surface area contributed by atoms with Gasteiger partial charge in [-0.05, 0) is 30.7 Å². The number of thiazole rings is 1. The summed E-state index contributed by atoms with van der Waals surface area (Å²) in [6.07, 6.45) is 1.06. The van der Waals surface area contributed by atoms with Crippen LogP contribution in [0.15, 0.2) is 45.8 Å². The van der Waals surface area contributed by atoms with Gasteiger partial charge in [0.05, 0.1) is 16.8 Å². The third-order valence-electron chi connectivity index (χ3n) is 3.36. The van der Waals surface area contributed by atoms with Gasteiger partial charge >= 0.3 is 0 Å². The third kappa shape index (κ3) is 3.71. The van der Waals surface area contributed by atoms with Crippen molar-refractivity contribution in [2.75, 3.05) is 13.6 Å². The van der Waals surface area contributed by atoms with E-state index in [4.69, 9.17) is 4.42 Å². The van der Waals surface area contributed by atoms with E-state index in [0.717, 1.165) is 41.0 Å². The average molecular weight is 328 g/mol. The molecule has 6 heteroatoms. The van der Waals surface area contributed by atoms with Gasteiger partial charge in [0.15, 0.2) is 16.7 Å². The molecular weight excluding hydrogens is 308 g/mol. The Morgan fingerprint density at radius 2 is 2.09 bits per heavy atom. The average Bonchev–Trinajstić information content (AvgIpc) is 3.21. The number of hydrogen-bond acceptors (Lipinski definition) is 4. The Labute approximate surface area is 139 Å². The number of aromatic nitrogens is 1. The molecule has 0 spiro atoms. The number of benzene rings is 1. The monoisotopic (exact) mass is 328 g/mol. The molecule has 3 aromatic rings. The maximum absolute atomic E-state index is 5.90. The Morgan fingerprint density at radius 1 is 1.22 bits per heavy atom. The zero-order chi connectivity index (χ0) is 16.1. The van der Waals surface area contributed by atoms with E-state index >= 15 is 0 Å². The molecule has 0 atom stereocenters. The highest BCUT2D eigenvalue weighted by molar-refractivity contribution is 7.21. The van der Waals surface area contributed by atoms with Gasteiger partial charge < -0.3 is 15.1 Å². The first-order valence-electron chi connectivity index (χ1n) is 7.69. The van der Waals surface area contributed by atoms with E-state index in [1.165, 1.54) is 4.70 Å². The lowest BCUT2D eigenvalue weighted by atomic mass is 10.3. The summed E-state index contributed by atoms with van der Waals surface area (Å²) in [5, 5.41) is 7.38. The van der Waals surface area contributed by atoms with Crippen LogP contribution in [0.2, 0.25) is 0 Å². The van der Waals surface area contributed by atoms with Gasteiger partial charge in [0.1, 0.15) is 5.76 Å². The summed E-state index contributed by atoms with van der Waals surface area (Å²) in [4.78, 5) is 8.79. The molecule has 0 aliphatic carbocycles. The van der Waals surface area contributed by atoms with Crippen molar-refractivity contribution in [1.29, 1.82) is 0 Å². The second-order valence-corrected chi connectivity index (χ2v) is 6.14. The van der Waals surface area contributed by atoms with Crippen LogP contribution in [-0.4, -0.2) is 24.5 Å². The van der Waals surface area contributed by atoms with Gasteiger partial charge in [0.2, 0.25) is 0 Å². The molecule has 2 heterocycles. The van der Waals surface area contributed by atoms with E-state index in [1.807, 2.05) is 30.3 Å². The molecule has 0 bridgehead atoms. The smallest absolute Gasteiger partial charge is 0.191 e. The molecule has 0 aliphatic rings. The van der Waals surface area contributed by atoms with E-state index in [2.05, 4.69) is 33.6 Å². The Morgan fingerprint density at radius 3 is 2.87 bits per heavy atom. The zero-order valence-corrected chi connectivity index (χ0v) is 14.1. The second kappa shape index (κ2) is 7.28. The van der Waals surface area contributed by atoms with Gasteiger partial charge in [0.25, 0.3) is 0 Å². The van der Waals surface area contributed by atoms with E-state index in [1.54, 1.807) is 18.4 Å². The van der Waals surface area contributed by atoms with Crippen LogP contribution in [0.1, 0.15) is 19.1 Å². The summed E-state index contributed by atoms with van der Waals surface area (Å²) in [7, 11) is 1.76. The van der Waals surface area contributed by atoms with Gasteiger partial charge in [-0.1, -0.05) is 19.1 Å². The Hall–Kier alpha value is -2.34. The first-order valence-corrected chi connectivity index (χ1v) is 8.51. The van der Waals surface area contributed by atoms with Crippen molar-refractivity contribution in [3.63, 3.8) is 0 Å². The summed E-state index contributed by atoms with van der Waals surface area (Å²) < 4.78 is 7.07. The Bertz CT molecular complexity index is 773. The molecule has 2 N–H and O–H groups in total. The van der Waals surface area contributed by atoms with E-state index < -0.39 is 0 Å². The summed E-state index contributed by atoms with van der Waals surface area (Å²) in [6, 6.07) is 12.1. The minimum absolute atomic E-state index is 0.592. The fourth-order valence-corrected chi connectivity index (χ4v) is 3.13. The number of aliphatic imine (C=N–C) groups is 1. The molecule has 0 radical (unpaired) electrons. The van der Waals surface area contributed by atoms with Crippen molar-refractivity contribution in [2.24, 2.45) is 4.99 Å². The molecule has 0 amide bonds. The molecular formula is C17H20N4OS. The van der Waals surface area contributed by atoms with Crippen molar-refractivity contribution in [1.82, 2.24) is 15.6 Å². The van der Waals surface area contributed by atoms with Gasteiger partial charge in [-0.2, -0.15) is 0 Å². The maximum Gasteiger partial charge on any atom is 0.191 e. The molecule has 2 aromatic heterocycles. The van der Waals surface area contributed by atoms with Crippen LogP contribution in [0.5, 0.6) is 0 Å². The summed E-state index contributed by atoms with van der Waals surface area (Å²) >= 11 is 1.64. The Balaban J connectivity index is 1.68. The van der Waals surface area contributed by atoms with Crippen molar-refractivity contribution in [3.05, 3.63) is 42.2 Å². The van der Waals surface area contributed by atoms with Crippen molar-refractivity contribution in [3.8, 4) is 10.8 Å². The predicted molar refractivity (Wildman–Crippen MR) is 95.8 cm³/mol. The van der Waals surface area contributed by atoms with Crippen LogP contribution in [0.3, 0.4) is 0 Å². The first-order chi connectivity index (χ1) is 11.3. The lowest BCUT2D eigenvalue weighted by Gasteiger charge is -2.09. The maximum atomic E-state index is 5.90. The lowest BCUT2D eigenvalue weighted by molar-refractivity contribution is 0.513. The zero-order valence-electron chi connectivity index (χ0n) is 13.3. The van der Waals surface area contributed by atoms with Crippen molar-refractivity contribution in [2.45, 2.75) is 19.9 Å². The fourth-order valence-electron chi connectivity index (χ4n) is 2.20. The first kappa shape index (κ1) is 15.6. The normalized spacial score (nSPS) is 11.8. The molecule has 0 aliphatic heterocycles. The highest BCUT2D eigenvalue weighted by Crippen LogP contribution is 2.30. The van der Waals surface area contributed by atoms with Gasteiger partial charge in [0, 0.05) is 13.6 Å². The van der Waals surface area contributed by atoms with E-state index in [0.29, 0.717) is 6.54 Å². The molecule has 23 heavy (non-hydrogen) atoms. The minimum Gasteiger partial charge on any atom is -0.457 e. The van der Waals surface area contributed by atoms with Crippen LogP contribution in [0.4, 0.5) is 0 Å². The Kier molecular flexibility index (Phi) is 4.92. The summed E-state index contributed by atoms with van der Waals surface area (Å²) in [6.45, 7) is 3.61. The van der Waals surface area contributed by atoms with Crippen molar-refractivity contribution < 1.29 is 4.42 Å². The number of fused-ring (bicyclic) bond motifs is 1. The topological polar surface area (TPSA) is 62.5 Å². The lowest BCUT2D eigenvalue weighted by Crippen LogP contribution is -2.37. The number of guanidine groups is 1. The van der Waals surface area contributed by atoms with Gasteiger partial charge in [-0.3, -0.25) is 4.99 Å². The van der Waals surface area contributed by atoms with Crippen LogP contribution in [-0.2, 0) is 6.54 Å². The number of furan rings is 1. The van der Waals surface area contributed by atoms with Crippen LogP contribution < -0.4 is 10.6 Å². The molecule has 0 unspecified atom stereocenters. The molecule has 120 valence electrons. The fraction of sp³-hybridized carbons (Fsp3) is 0.294. The predicted octanol–water partition coefficient (Wildman–Crippen LogP) is 3.63. The summed E-state index contributed by atoms with van der Waals surface area (Å²) in [5.41, 5.74) is 1.01. The molecule has 0 saturated carbocycles. The minimum atomic E-state index is 0.592. The molecule has 0 fully saturated rings. The highest BCUT2D eigenvalue weighted by atomic mass is 32.1. The molecule has 5 nitrogen and oxygen atoms in total. The number of hydrogen-bond donors (Lipinski definition) is 2. The van der Waals surface area contributed by atoms with Crippen LogP contribution in [0, 0.1) is 0 Å². The van der Waals surface area contributed by atoms with E-state index in [9.17, 15) is 0 Å². The van der Waals surface area contributed by atoms with Crippen LogP contribution in [0.25, 0.3) is 21.0 Å². The largest absolute Gasteiger partial charge is 0.457 e. The molecule has 0 saturated heterocycles. The van der Waals surface area contributed by atoms with Gasteiger partial charge in [-0.25, -0.2) is 4.98 Å². The SMILES string of the molecule is CCCNC(=NC)NCc1ccc(-c2nc3ccccc3s2)o1. The number of rotatable bonds is 5. The number of nitrogens with zero attached hydrogens (tertiary/aromatic N) is 2. The third-order valence-corrected chi connectivity index (χ3v) is 4.41. The quantitative estimate of drug-likeness (QED) is 0.554. The highest BCUT2D eigenvalue weighted by Gasteiger charge is 2.10. The van der Waals surface area contributed by atoms with Gasteiger partial charge in [-0.15, -0.1) is 11.3 Å². The standard InChI is InChI=1S/C17H20N4OS/c1-3-10-19-17(18-2)20-11-12-8-9-14(22-12)16-21-13-6-4-5-7-15(13)23-16/h4-9H,3,10-11H2,1-2H3,(H2,18,19,20). The van der Waals surface area contributed by atoms with Crippen molar-refractivity contribution >= 4 is 27.5 Å². The number of para-hydroxylation sites is 1. The molecule has 1 aromatic carbocycles. The van der Waals surface area contributed by atoms with E-state index in [-0.39, 0.29) is 0 Å². The number of nitrogens with one attached hydrogen (secondary N) is 2. The summed E-state index contributed by atoms with van der Waals surface area (Å²) in [5.74, 6) is 2.45. The molecule has 3 rings (SSSR count). The van der Waals surface area contributed by atoms with Crippen LogP contribution >= 0.6 is 11.3 Å². The second-order valence-electron chi connectivity index (χ2n) is 5.11.